The van der Waals surface area contributed by atoms with Crippen LogP contribution in [0.3, 0.4) is 0 Å². The first kappa shape index (κ1) is 16.2. The van der Waals surface area contributed by atoms with Gasteiger partial charge in [0.25, 0.3) is 0 Å². The summed E-state index contributed by atoms with van der Waals surface area (Å²) in [7, 11) is 0. The molecular formula is C18H21N3O3. The normalized spacial score (nSPS) is 14.9. The van der Waals surface area contributed by atoms with Crippen LogP contribution in [-0.2, 0) is 0 Å². The Morgan fingerprint density at radius 1 is 1.42 bits per heavy atom. The number of anilines is 1. The molecule has 6 nitrogen and oxygen atoms in total. The number of nitrogens with zero attached hydrogens (tertiary/aromatic N) is 2. The lowest BCUT2D eigenvalue weighted by Crippen LogP contribution is -2.19. The molecule has 1 fully saturated rings. The minimum atomic E-state index is -1.02. The highest BCUT2D eigenvalue weighted by Crippen LogP contribution is 2.33. The maximum atomic E-state index is 11.4. The van der Waals surface area contributed by atoms with Crippen LogP contribution in [0.15, 0.2) is 30.5 Å². The summed E-state index contributed by atoms with van der Waals surface area (Å²) < 4.78 is 5.37. The summed E-state index contributed by atoms with van der Waals surface area (Å²) in [4.78, 5) is 20.2. The van der Waals surface area contributed by atoms with E-state index in [2.05, 4.69) is 22.2 Å². The van der Waals surface area contributed by atoms with Crippen molar-refractivity contribution >= 4 is 11.9 Å². The fraction of sp³-hybridized carbons (Fsp3) is 0.389. The van der Waals surface area contributed by atoms with Crippen LogP contribution in [0.1, 0.15) is 37.0 Å². The molecule has 3 rings (SSSR count). The van der Waals surface area contributed by atoms with Gasteiger partial charge in [-0.25, -0.2) is 14.8 Å². The molecule has 2 N–H and O–H groups in total. The van der Waals surface area contributed by atoms with Gasteiger partial charge < -0.3 is 15.2 Å². The van der Waals surface area contributed by atoms with Crippen molar-refractivity contribution in [1.82, 2.24) is 9.97 Å². The predicted molar refractivity (Wildman–Crippen MR) is 91.4 cm³/mol. The summed E-state index contributed by atoms with van der Waals surface area (Å²) in [5.74, 6) is 0.609. The first-order valence-corrected chi connectivity index (χ1v) is 8.18. The first-order valence-electron chi connectivity index (χ1n) is 8.18. The average Bonchev–Trinajstić information content (AvgIpc) is 3.40. The zero-order valence-electron chi connectivity index (χ0n) is 13.8. The number of hydrogen-bond donors (Lipinski definition) is 2. The summed E-state index contributed by atoms with van der Waals surface area (Å²) >= 11 is 0. The number of benzene rings is 1. The largest absolute Gasteiger partial charge is 0.493 e. The van der Waals surface area contributed by atoms with Crippen LogP contribution in [0.4, 0.5) is 5.95 Å². The number of hydrogen-bond acceptors (Lipinski definition) is 5. The topological polar surface area (TPSA) is 84.3 Å². The van der Waals surface area contributed by atoms with Crippen molar-refractivity contribution in [2.75, 3.05) is 11.9 Å². The van der Waals surface area contributed by atoms with Crippen LogP contribution >= 0.6 is 0 Å². The SMILES string of the molecule is CCOc1ccc(-c2ccnc(N[C@@H](C)C3CC3)n2)cc1C(=O)O. The lowest BCUT2D eigenvalue weighted by Gasteiger charge is -2.13. The van der Waals surface area contributed by atoms with Gasteiger partial charge in [-0.3, -0.25) is 0 Å². The van der Waals surface area contributed by atoms with Crippen LogP contribution in [0.5, 0.6) is 5.75 Å². The third-order valence-electron chi connectivity index (χ3n) is 4.15. The van der Waals surface area contributed by atoms with Crippen LogP contribution in [0.25, 0.3) is 11.3 Å². The van der Waals surface area contributed by atoms with Crippen LogP contribution in [0, 0.1) is 5.92 Å². The van der Waals surface area contributed by atoms with Gasteiger partial charge >= 0.3 is 5.97 Å². The number of aromatic nitrogens is 2. The maximum absolute atomic E-state index is 11.4. The van der Waals surface area contributed by atoms with Gasteiger partial charge in [-0.1, -0.05) is 0 Å². The zero-order chi connectivity index (χ0) is 17.1. The van der Waals surface area contributed by atoms with E-state index < -0.39 is 5.97 Å². The van der Waals surface area contributed by atoms with Gasteiger partial charge in [-0.15, -0.1) is 0 Å². The van der Waals surface area contributed by atoms with Crippen molar-refractivity contribution in [3.05, 3.63) is 36.0 Å². The number of rotatable bonds is 7. The summed E-state index contributed by atoms with van der Waals surface area (Å²) in [5.41, 5.74) is 1.54. The molecule has 1 saturated carbocycles. The third kappa shape index (κ3) is 3.64. The minimum Gasteiger partial charge on any atom is -0.493 e. The quantitative estimate of drug-likeness (QED) is 0.810. The molecule has 0 spiro atoms. The van der Waals surface area contributed by atoms with Crippen molar-refractivity contribution in [1.29, 1.82) is 0 Å². The Morgan fingerprint density at radius 3 is 2.88 bits per heavy atom. The molecule has 0 aliphatic heterocycles. The van der Waals surface area contributed by atoms with Crippen molar-refractivity contribution in [2.45, 2.75) is 32.7 Å². The summed E-state index contributed by atoms with van der Waals surface area (Å²) in [6.07, 6.45) is 4.17. The molecule has 1 heterocycles. The van der Waals surface area contributed by atoms with Crippen LogP contribution in [-0.4, -0.2) is 33.7 Å². The molecule has 24 heavy (non-hydrogen) atoms. The van der Waals surface area contributed by atoms with Crippen LogP contribution in [0.2, 0.25) is 0 Å². The molecule has 6 heteroatoms. The molecule has 0 amide bonds. The molecule has 126 valence electrons. The highest BCUT2D eigenvalue weighted by Gasteiger charge is 2.28. The standard InChI is InChI=1S/C18H21N3O3/c1-3-24-16-7-6-13(10-14(16)17(22)23)15-8-9-19-18(21-15)20-11(2)12-4-5-12/h6-12H,3-5H2,1-2H3,(H,22,23)(H,19,20,21)/t11-/m0/s1. The molecule has 1 aliphatic rings. The lowest BCUT2D eigenvalue weighted by atomic mass is 10.1. The molecule has 1 aliphatic carbocycles. The summed E-state index contributed by atoms with van der Waals surface area (Å²) in [6.45, 7) is 4.37. The first-order chi connectivity index (χ1) is 11.6. The average molecular weight is 327 g/mol. The molecule has 1 aromatic heterocycles. The Labute approximate surface area is 140 Å². The number of carboxylic acids is 1. The van der Waals surface area contributed by atoms with Crippen molar-refractivity contribution < 1.29 is 14.6 Å². The number of ether oxygens (including phenoxy) is 1. The molecule has 0 radical (unpaired) electrons. The Morgan fingerprint density at radius 2 is 2.21 bits per heavy atom. The second-order valence-corrected chi connectivity index (χ2v) is 5.99. The number of aromatic carboxylic acids is 1. The van der Waals surface area contributed by atoms with E-state index in [1.165, 1.54) is 12.8 Å². The predicted octanol–water partition coefficient (Wildman–Crippen LogP) is 3.45. The molecule has 1 atom stereocenters. The third-order valence-corrected chi connectivity index (χ3v) is 4.15. The highest BCUT2D eigenvalue weighted by molar-refractivity contribution is 5.92. The Bertz CT molecular complexity index is 744. The highest BCUT2D eigenvalue weighted by atomic mass is 16.5. The summed E-state index contributed by atoms with van der Waals surface area (Å²) in [6, 6.07) is 7.19. The minimum absolute atomic E-state index is 0.133. The number of nitrogens with one attached hydrogen (secondary N) is 1. The van der Waals surface area contributed by atoms with Gasteiger partial charge in [-0.05, 0) is 56.9 Å². The molecule has 0 saturated heterocycles. The van der Waals surface area contributed by atoms with Crippen molar-refractivity contribution in [2.24, 2.45) is 5.92 Å². The van der Waals surface area contributed by atoms with E-state index in [1.54, 1.807) is 24.4 Å². The van der Waals surface area contributed by atoms with Gasteiger partial charge in [0.1, 0.15) is 11.3 Å². The Kier molecular flexibility index (Phi) is 4.64. The van der Waals surface area contributed by atoms with Gasteiger partial charge in [0.15, 0.2) is 0 Å². The van der Waals surface area contributed by atoms with Gasteiger partial charge in [0.2, 0.25) is 5.95 Å². The number of carboxylic acid groups (broad SMARTS) is 1. The van der Waals surface area contributed by atoms with E-state index in [9.17, 15) is 9.90 Å². The van der Waals surface area contributed by atoms with E-state index in [0.717, 1.165) is 5.56 Å². The van der Waals surface area contributed by atoms with Crippen molar-refractivity contribution in [3.63, 3.8) is 0 Å². The van der Waals surface area contributed by atoms with Crippen molar-refractivity contribution in [3.8, 4) is 17.0 Å². The van der Waals surface area contributed by atoms with Crippen LogP contribution < -0.4 is 10.1 Å². The fourth-order valence-electron chi connectivity index (χ4n) is 2.64. The second-order valence-electron chi connectivity index (χ2n) is 5.99. The molecule has 0 unspecified atom stereocenters. The van der Waals surface area contributed by atoms with E-state index in [0.29, 0.717) is 36.0 Å². The molecular weight excluding hydrogens is 306 g/mol. The Hall–Kier alpha value is -2.63. The van der Waals surface area contributed by atoms with Gasteiger partial charge in [0, 0.05) is 17.8 Å². The van der Waals surface area contributed by atoms with Gasteiger partial charge in [-0.2, -0.15) is 0 Å². The summed E-state index contributed by atoms with van der Waals surface area (Å²) in [5, 5.41) is 12.7. The number of carbonyl (C=O) groups is 1. The fourth-order valence-corrected chi connectivity index (χ4v) is 2.64. The molecule has 1 aromatic carbocycles. The zero-order valence-corrected chi connectivity index (χ0v) is 13.8. The Balaban J connectivity index is 1.87. The van der Waals surface area contributed by atoms with E-state index >= 15 is 0 Å². The molecule has 0 bridgehead atoms. The molecule has 2 aromatic rings. The van der Waals surface area contributed by atoms with Gasteiger partial charge in [0.05, 0.1) is 12.3 Å². The second kappa shape index (κ2) is 6.86. The van der Waals surface area contributed by atoms with E-state index in [4.69, 9.17) is 4.74 Å². The maximum Gasteiger partial charge on any atom is 0.339 e. The lowest BCUT2D eigenvalue weighted by molar-refractivity contribution is 0.0692. The van der Waals surface area contributed by atoms with E-state index in [-0.39, 0.29) is 5.56 Å². The van der Waals surface area contributed by atoms with E-state index in [1.807, 2.05) is 13.0 Å². The monoisotopic (exact) mass is 327 g/mol. The smallest absolute Gasteiger partial charge is 0.339 e.